The maximum absolute atomic E-state index is 12.1. The van der Waals surface area contributed by atoms with Gasteiger partial charge in [-0.05, 0) is 67.7 Å². The number of rotatable bonds is 6. The van der Waals surface area contributed by atoms with E-state index in [0.717, 1.165) is 48.0 Å². The van der Waals surface area contributed by atoms with Gasteiger partial charge in [-0.3, -0.25) is 4.79 Å². The third-order valence-corrected chi connectivity index (χ3v) is 7.53. The molecule has 3 aliphatic rings. The van der Waals surface area contributed by atoms with E-state index in [4.69, 9.17) is 4.74 Å². The molecule has 3 heterocycles. The summed E-state index contributed by atoms with van der Waals surface area (Å²) in [7, 11) is 3.52. The summed E-state index contributed by atoms with van der Waals surface area (Å²) in [5.41, 5.74) is 2.45. The quantitative estimate of drug-likeness (QED) is 0.729. The van der Waals surface area contributed by atoms with Gasteiger partial charge < -0.3 is 19.9 Å². The molecule has 1 amide bonds. The summed E-state index contributed by atoms with van der Waals surface area (Å²) >= 11 is 0. The van der Waals surface area contributed by atoms with Crippen LogP contribution in [-0.2, 0) is 4.74 Å². The van der Waals surface area contributed by atoms with Gasteiger partial charge in [-0.15, -0.1) is 10.2 Å². The zero-order chi connectivity index (χ0) is 22.8. The van der Waals surface area contributed by atoms with Crippen molar-refractivity contribution in [2.24, 2.45) is 17.8 Å². The molecule has 7 heteroatoms. The van der Waals surface area contributed by atoms with Crippen LogP contribution in [0.2, 0.25) is 0 Å². The van der Waals surface area contributed by atoms with Crippen LogP contribution in [0.15, 0.2) is 36.4 Å². The average Bonchev–Trinajstić information content (AvgIpc) is 3.37. The molecule has 1 N–H and O–H groups in total. The number of hydrogen-bond donors (Lipinski definition) is 1. The SMILES string of the molecule is CN(C)C(=O)c1ccc(-c2ccc(N[C@H]3C[C@@H]4CN(CC5CCOCC5)C[C@@H]4C3)nn2)cc1. The summed E-state index contributed by atoms with van der Waals surface area (Å²) in [6.07, 6.45) is 4.89. The van der Waals surface area contributed by atoms with E-state index in [-0.39, 0.29) is 5.91 Å². The summed E-state index contributed by atoms with van der Waals surface area (Å²) in [5, 5.41) is 12.5. The van der Waals surface area contributed by atoms with Crippen molar-refractivity contribution in [3.63, 3.8) is 0 Å². The number of anilines is 1. The van der Waals surface area contributed by atoms with Gasteiger partial charge in [0.2, 0.25) is 0 Å². The fourth-order valence-electron chi connectivity index (χ4n) is 5.77. The Balaban J connectivity index is 1.12. The van der Waals surface area contributed by atoms with Crippen molar-refractivity contribution in [1.82, 2.24) is 20.0 Å². The number of hydrogen-bond acceptors (Lipinski definition) is 6. The average molecular weight is 450 g/mol. The Labute approximate surface area is 196 Å². The molecule has 2 aliphatic heterocycles. The minimum atomic E-state index is 0.000203. The van der Waals surface area contributed by atoms with Crippen molar-refractivity contribution in [3.8, 4) is 11.3 Å². The molecule has 0 spiro atoms. The predicted octanol–water partition coefficient (Wildman–Crippen LogP) is 3.39. The number of amides is 1. The van der Waals surface area contributed by atoms with Gasteiger partial charge in [-0.25, -0.2) is 0 Å². The Kier molecular flexibility index (Phi) is 6.60. The second-order valence-electron chi connectivity index (χ2n) is 10.2. The van der Waals surface area contributed by atoms with Crippen molar-refractivity contribution in [2.45, 2.75) is 31.7 Å². The zero-order valence-corrected chi connectivity index (χ0v) is 19.7. The molecule has 0 bridgehead atoms. The number of carbonyl (C=O) groups excluding carboxylic acids is 1. The lowest BCUT2D eigenvalue weighted by atomic mass is 10.00. The topological polar surface area (TPSA) is 70.6 Å². The van der Waals surface area contributed by atoms with E-state index in [1.54, 1.807) is 19.0 Å². The predicted molar refractivity (Wildman–Crippen MR) is 129 cm³/mol. The van der Waals surface area contributed by atoms with E-state index >= 15 is 0 Å². The molecule has 3 atom stereocenters. The Hall–Kier alpha value is -2.51. The molecule has 1 aromatic carbocycles. The van der Waals surface area contributed by atoms with E-state index in [9.17, 15) is 4.79 Å². The number of nitrogens with one attached hydrogen (secondary N) is 1. The lowest BCUT2D eigenvalue weighted by Gasteiger charge is -2.27. The third kappa shape index (κ3) is 5.20. The second-order valence-corrected chi connectivity index (χ2v) is 10.2. The second kappa shape index (κ2) is 9.77. The molecule has 2 aromatic rings. The highest BCUT2D eigenvalue weighted by Crippen LogP contribution is 2.39. The van der Waals surface area contributed by atoms with E-state index in [0.29, 0.717) is 11.6 Å². The highest BCUT2D eigenvalue weighted by Gasteiger charge is 2.41. The van der Waals surface area contributed by atoms with Crippen molar-refractivity contribution in [1.29, 1.82) is 0 Å². The first-order valence-corrected chi connectivity index (χ1v) is 12.3. The van der Waals surface area contributed by atoms with Crippen molar-refractivity contribution in [3.05, 3.63) is 42.0 Å². The van der Waals surface area contributed by atoms with Gasteiger partial charge >= 0.3 is 0 Å². The summed E-state index contributed by atoms with van der Waals surface area (Å²) < 4.78 is 5.51. The lowest BCUT2D eigenvalue weighted by molar-refractivity contribution is 0.0545. The highest BCUT2D eigenvalue weighted by atomic mass is 16.5. The van der Waals surface area contributed by atoms with Crippen LogP contribution in [0, 0.1) is 17.8 Å². The molecule has 1 aliphatic carbocycles. The smallest absolute Gasteiger partial charge is 0.253 e. The van der Waals surface area contributed by atoms with Gasteiger partial charge in [0.25, 0.3) is 5.91 Å². The summed E-state index contributed by atoms with van der Waals surface area (Å²) in [5.74, 6) is 3.28. The number of nitrogens with zero attached hydrogens (tertiary/aromatic N) is 4. The van der Waals surface area contributed by atoms with Gasteiger partial charge in [0.05, 0.1) is 5.69 Å². The fraction of sp³-hybridized carbons (Fsp3) is 0.577. The van der Waals surface area contributed by atoms with Crippen molar-refractivity contribution < 1.29 is 9.53 Å². The first kappa shape index (κ1) is 22.3. The maximum Gasteiger partial charge on any atom is 0.253 e. The fourth-order valence-corrected chi connectivity index (χ4v) is 5.77. The van der Waals surface area contributed by atoms with Crippen LogP contribution in [0.3, 0.4) is 0 Å². The number of carbonyl (C=O) groups is 1. The summed E-state index contributed by atoms with van der Waals surface area (Å²) in [6.45, 7) is 5.64. The number of benzene rings is 1. The van der Waals surface area contributed by atoms with Crippen LogP contribution in [0.1, 0.15) is 36.0 Å². The standard InChI is InChI=1S/C26H35N5O2/c1-30(2)26(32)20-5-3-19(4-6-20)24-7-8-25(29-28-24)27-23-13-21-16-31(17-22(21)14-23)15-18-9-11-33-12-10-18/h3-8,18,21-23H,9-17H2,1-2H3,(H,27,29)/t21-,22+,23+. The van der Waals surface area contributed by atoms with Crippen LogP contribution in [0.5, 0.6) is 0 Å². The molecule has 176 valence electrons. The molecule has 7 nitrogen and oxygen atoms in total. The molecular weight excluding hydrogens is 414 g/mol. The number of ether oxygens (including phenoxy) is 1. The van der Waals surface area contributed by atoms with Crippen molar-refractivity contribution in [2.75, 3.05) is 52.3 Å². The molecule has 1 saturated carbocycles. The molecular formula is C26H35N5O2. The zero-order valence-electron chi connectivity index (χ0n) is 19.7. The Morgan fingerprint density at radius 3 is 2.33 bits per heavy atom. The van der Waals surface area contributed by atoms with Crippen LogP contribution in [0.4, 0.5) is 5.82 Å². The van der Waals surface area contributed by atoms with Gasteiger partial charge in [0, 0.05) is 64.1 Å². The van der Waals surface area contributed by atoms with Gasteiger partial charge in [0.1, 0.15) is 5.82 Å². The summed E-state index contributed by atoms with van der Waals surface area (Å²) in [4.78, 5) is 16.3. The molecule has 0 unspecified atom stereocenters. The van der Waals surface area contributed by atoms with Crippen LogP contribution in [0.25, 0.3) is 11.3 Å². The van der Waals surface area contributed by atoms with Crippen LogP contribution >= 0.6 is 0 Å². The minimum absolute atomic E-state index is 0.000203. The number of aromatic nitrogens is 2. The number of fused-ring (bicyclic) bond motifs is 1. The van der Waals surface area contributed by atoms with E-state index in [1.807, 2.05) is 36.4 Å². The third-order valence-electron chi connectivity index (χ3n) is 7.53. The Bertz CT molecular complexity index is 926. The molecule has 1 aromatic heterocycles. The van der Waals surface area contributed by atoms with Gasteiger partial charge in [-0.1, -0.05) is 12.1 Å². The molecule has 0 radical (unpaired) electrons. The number of likely N-dealkylation sites (tertiary alicyclic amines) is 1. The Morgan fingerprint density at radius 2 is 1.73 bits per heavy atom. The van der Waals surface area contributed by atoms with Crippen molar-refractivity contribution >= 4 is 11.7 Å². The van der Waals surface area contributed by atoms with Crippen LogP contribution < -0.4 is 5.32 Å². The van der Waals surface area contributed by atoms with Crippen LogP contribution in [-0.4, -0.2) is 78.9 Å². The maximum atomic E-state index is 12.1. The lowest BCUT2D eigenvalue weighted by Crippen LogP contribution is -2.32. The summed E-state index contributed by atoms with van der Waals surface area (Å²) in [6, 6.07) is 12.1. The molecule has 3 fully saturated rings. The van der Waals surface area contributed by atoms with Gasteiger partial charge in [-0.2, -0.15) is 0 Å². The Morgan fingerprint density at radius 1 is 1.03 bits per heavy atom. The monoisotopic (exact) mass is 449 g/mol. The van der Waals surface area contributed by atoms with E-state index in [1.165, 1.54) is 45.3 Å². The minimum Gasteiger partial charge on any atom is -0.381 e. The van der Waals surface area contributed by atoms with E-state index < -0.39 is 0 Å². The molecule has 2 saturated heterocycles. The van der Waals surface area contributed by atoms with Gasteiger partial charge in [0.15, 0.2) is 0 Å². The largest absolute Gasteiger partial charge is 0.381 e. The van der Waals surface area contributed by atoms with E-state index in [2.05, 4.69) is 20.4 Å². The molecule has 5 rings (SSSR count). The highest BCUT2D eigenvalue weighted by molar-refractivity contribution is 5.94. The first-order chi connectivity index (χ1) is 16.0. The molecule has 33 heavy (non-hydrogen) atoms. The first-order valence-electron chi connectivity index (χ1n) is 12.3. The normalized spacial score (nSPS) is 25.7.